The van der Waals surface area contributed by atoms with Crippen molar-refractivity contribution >= 4 is 5.91 Å². The van der Waals surface area contributed by atoms with E-state index in [1.165, 1.54) is 0 Å². The first kappa shape index (κ1) is 15.3. The third-order valence-electron chi connectivity index (χ3n) is 2.47. The summed E-state index contributed by atoms with van der Waals surface area (Å²) in [6.07, 6.45) is -3.91. The van der Waals surface area contributed by atoms with Gasteiger partial charge < -0.3 is 10.3 Å². The van der Waals surface area contributed by atoms with Crippen molar-refractivity contribution in [1.82, 2.24) is 10.3 Å². The zero-order chi connectivity index (χ0) is 14.6. The van der Waals surface area contributed by atoms with Crippen LogP contribution in [0.25, 0.3) is 0 Å². The quantitative estimate of drug-likeness (QED) is 0.885. The molecule has 0 aliphatic rings. The number of carbonyl (C=O) groups excluding carboxylic acids is 1. The second-order valence-electron chi connectivity index (χ2n) is 4.55. The Balaban J connectivity index is 2.80. The summed E-state index contributed by atoms with van der Waals surface area (Å²) >= 11 is 0. The molecule has 0 spiro atoms. The van der Waals surface area contributed by atoms with Crippen LogP contribution in [0.5, 0.6) is 0 Å². The normalized spacial score (nSPS) is 11.7. The highest BCUT2D eigenvalue weighted by molar-refractivity contribution is 5.93. The Morgan fingerprint density at radius 1 is 1.37 bits per heavy atom. The second kappa shape index (κ2) is 5.90. The lowest BCUT2D eigenvalue weighted by Gasteiger charge is -2.08. The van der Waals surface area contributed by atoms with Crippen LogP contribution < -0.4 is 10.9 Å². The maximum atomic E-state index is 12.3. The van der Waals surface area contributed by atoms with E-state index in [9.17, 15) is 22.8 Å². The average Bonchev–Trinajstić information content (AvgIpc) is 2.26. The number of H-pyrrole nitrogens is 1. The zero-order valence-corrected chi connectivity index (χ0v) is 10.6. The minimum atomic E-state index is -4.63. The molecule has 1 heterocycles. The molecule has 19 heavy (non-hydrogen) atoms. The molecule has 0 unspecified atom stereocenters. The third-order valence-corrected chi connectivity index (χ3v) is 2.47. The highest BCUT2D eigenvalue weighted by Crippen LogP contribution is 2.26. The van der Waals surface area contributed by atoms with Gasteiger partial charge in [0.1, 0.15) is 11.3 Å². The molecule has 7 heteroatoms. The fourth-order valence-electron chi connectivity index (χ4n) is 1.39. The first-order chi connectivity index (χ1) is 8.71. The predicted octanol–water partition coefficient (Wildman–Crippen LogP) is 2.17. The summed E-state index contributed by atoms with van der Waals surface area (Å²) in [5.74, 6) is -0.290. The molecule has 0 bridgehead atoms. The van der Waals surface area contributed by atoms with Gasteiger partial charge in [-0.25, -0.2) is 0 Å². The van der Waals surface area contributed by atoms with E-state index in [4.69, 9.17) is 0 Å². The van der Waals surface area contributed by atoms with E-state index in [1.54, 1.807) is 4.98 Å². The molecule has 0 saturated heterocycles. The van der Waals surface area contributed by atoms with E-state index in [0.29, 0.717) is 18.5 Å². The highest BCUT2D eigenvalue weighted by atomic mass is 19.4. The van der Waals surface area contributed by atoms with Crippen molar-refractivity contribution in [3.05, 3.63) is 33.7 Å². The Labute approximate surface area is 108 Å². The molecule has 0 aromatic carbocycles. The molecule has 0 atom stereocenters. The van der Waals surface area contributed by atoms with Gasteiger partial charge in [0.15, 0.2) is 0 Å². The van der Waals surface area contributed by atoms with Gasteiger partial charge in [-0.1, -0.05) is 13.8 Å². The molecule has 1 rings (SSSR count). The Hall–Kier alpha value is -1.79. The summed E-state index contributed by atoms with van der Waals surface area (Å²) in [6.45, 7) is 4.31. The van der Waals surface area contributed by atoms with Crippen LogP contribution in [-0.4, -0.2) is 17.4 Å². The first-order valence-electron chi connectivity index (χ1n) is 5.80. The number of nitrogens with one attached hydrogen (secondary N) is 2. The fourth-order valence-corrected chi connectivity index (χ4v) is 1.39. The minimum absolute atomic E-state index is 0.322. The monoisotopic (exact) mass is 276 g/mol. The summed E-state index contributed by atoms with van der Waals surface area (Å²) in [5.41, 5.74) is -2.54. The Morgan fingerprint density at radius 3 is 2.47 bits per heavy atom. The first-order valence-corrected chi connectivity index (χ1v) is 5.80. The topological polar surface area (TPSA) is 62.0 Å². The van der Waals surface area contributed by atoms with Crippen molar-refractivity contribution in [2.24, 2.45) is 5.92 Å². The summed E-state index contributed by atoms with van der Waals surface area (Å²) in [5, 5.41) is 2.49. The molecule has 106 valence electrons. The van der Waals surface area contributed by atoms with Crippen molar-refractivity contribution < 1.29 is 18.0 Å². The van der Waals surface area contributed by atoms with Gasteiger partial charge in [-0.05, 0) is 24.5 Å². The third kappa shape index (κ3) is 4.42. The van der Waals surface area contributed by atoms with Gasteiger partial charge in [0.05, 0.1) is 0 Å². The molecule has 0 aliphatic carbocycles. The van der Waals surface area contributed by atoms with Gasteiger partial charge in [0.25, 0.3) is 11.5 Å². The summed E-state index contributed by atoms with van der Waals surface area (Å²) < 4.78 is 37.0. The highest BCUT2D eigenvalue weighted by Gasteiger charge is 2.32. The molecular weight excluding hydrogens is 261 g/mol. The van der Waals surface area contributed by atoms with Crippen LogP contribution in [0, 0.1) is 5.92 Å². The largest absolute Gasteiger partial charge is 0.431 e. The van der Waals surface area contributed by atoms with Gasteiger partial charge in [-0.3, -0.25) is 9.59 Å². The van der Waals surface area contributed by atoms with Gasteiger partial charge in [0, 0.05) is 6.54 Å². The molecule has 0 radical (unpaired) electrons. The zero-order valence-electron chi connectivity index (χ0n) is 10.6. The minimum Gasteiger partial charge on any atom is -0.352 e. The number of halogens is 3. The maximum absolute atomic E-state index is 12.3. The van der Waals surface area contributed by atoms with Gasteiger partial charge in [0.2, 0.25) is 0 Å². The Bertz CT molecular complexity index is 506. The molecule has 1 amide bonds. The second-order valence-corrected chi connectivity index (χ2v) is 4.55. The molecule has 1 aromatic rings. The summed E-state index contributed by atoms with van der Waals surface area (Å²) in [6, 6.07) is 1.56. The van der Waals surface area contributed by atoms with Crippen LogP contribution in [0.3, 0.4) is 0 Å². The lowest BCUT2D eigenvalue weighted by atomic mass is 10.1. The van der Waals surface area contributed by atoms with Crippen molar-refractivity contribution in [3.63, 3.8) is 0 Å². The number of hydrogen-bond acceptors (Lipinski definition) is 2. The van der Waals surface area contributed by atoms with Gasteiger partial charge >= 0.3 is 6.18 Å². The van der Waals surface area contributed by atoms with E-state index in [0.717, 1.165) is 12.5 Å². The Kier molecular flexibility index (Phi) is 4.74. The van der Waals surface area contributed by atoms with Gasteiger partial charge in [-0.2, -0.15) is 13.2 Å². The van der Waals surface area contributed by atoms with Crippen molar-refractivity contribution in [2.75, 3.05) is 6.54 Å². The fraction of sp³-hybridized carbons (Fsp3) is 0.500. The molecule has 0 fully saturated rings. The predicted molar refractivity (Wildman–Crippen MR) is 63.9 cm³/mol. The van der Waals surface area contributed by atoms with Crippen LogP contribution in [0.2, 0.25) is 0 Å². The average molecular weight is 276 g/mol. The number of amides is 1. The van der Waals surface area contributed by atoms with Crippen molar-refractivity contribution in [1.29, 1.82) is 0 Å². The van der Waals surface area contributed by atoms with E-state index < -0.39 is 23.3 Å². The number of alkyl halides is 3. The van der Waals surface area contributed by atoms with Crippen LogP contribution in [0.4, 0.5) is 13.2 Å². The molecule has 1 aromatic heterocycles. The van der Waals surface area contributed by atoms with E-state index in [1.807, 2.05) is 13.8 Å². The standard InChI is InChI=1S/C12H15F3N2O2/c1-7(2)5-6-16-10(18)8-3-4-9(12(13,14)15)17-11(8)19/h3-4,7H,5-6H2,1-2H3,(H,16,18)(H,17,19). The Morgan fingerprint density at radius 2 is 2.00 bits per heavy atom. The van der Waals surface area contributed by atoms with E-state index >= 15 is 0 Å². The van der Waals surface area contributed by atoms with Gasteiger partial charge in [-0.15, -0.1) is 0 Å². The molecular formula is C12H15F3N2O2. The number of pyridine rings is 1. The SMILES string of the molecule is CC(C)CCNC(=O)c1ccc(C(F)(F)F)[nH]c1=O. The molecule has 2 N–H and O–H groups in total. The van der Waals surface area contributed by atoms with E-state index in [-0.39, 0.29) is 5.56 Å². The summed E-state index contributed by atoms with van der Waals surface area (Å²) in [4.78, 5) is 24.7. The lowest BCUT2D eigenvalue weighted by molar-refractivity contribution is -0.141. The van der Waals surface area contributed by atoms with Crippen LogP contribution in [-0.2, 0) is 6.18 Å². The summed E-state index contributed by atoms with van der Waals surface area (Å²) in [7, 11) is 0. The number of aromatic nitrogens is 1. The molecule has 0 aliphatic heterocycles. The number of hydrogen-bond donors (Lipinski definition) is 2. The smallest absolute Gasteiger partial charge is 0.352 e. The van der Waals surface area contributed by atoms with Crippen molar-refractivity contribution in [2.45, 2.75) is 26.4 Å². The van der Waals surface area contributed by atoms with Crippen LogP contribution >= 0.6 is 0 Å². The molecule has 0 saturated carbocycles. The van der Waals surface area contributed by atoms with Crippen LogP contribution in [0.1, 0.15) is 36.3 Å². The maximum Gasteiger partial charge on any atom is 0.431 e. The van der Waals surface area contributed by atoms with Crippen molar-refractivity contribution in [3.8, 4) is 0 Å². The van der Waals surface area contributed by atoms with Crippen LogP contribution in [0.15, 0.2) is 16.9 Å². The van der Waals surface area contributed by atoms with E-state index in [2.05, 4.69) is 5.32 Å². The number of rotatable bonds is 4. The molecule has 4 nitrogen and oxygen atoms in total. The lowest BCUT2D eigenvalue weighted by Crippen LogP contribution is -2.31. The number of aromatic amines is 1. The number of carbonyl (C=O) groups is 1.